The third-order valence-corrected chi connectivity index (χ3v) is 4.82. The number of benzene rings is 2. The molecule has 29 heavy (non-hydrogen) atoms. The summed E-state index contributed by atoms with van der Waals surface area (Å²) in [5, 5.41) is 38.2. The van der Waals surface area contributed by atoms with Crippen molar-refractivity contribution in [2.45, 2.75) is 44.8 Å². The van der Waals surface area contributed by atoms with Gasteiger partial charge in [0, 0.05) is 11.1 Å². The standard InChI is InChI=1S/C19H18F6O4/c1-9-3-13(5-11(7-26)15(9)28)17(18(20,21)22,19(23,24)25)14-4-10(2)16(29)12(6-14)8-27/h3-6,26-29H,7-8H2,1-2H3. The van der Waals surface area contributed by atoms with Crippen LogP contribution in [0.2, 0.25) is 0 Å². The van der Waals surface area contributed by atoms with Gasteiger partial charge in [-0.1, -0.05) is 12.1 Å². The first-order valence-electron chi connectivity index (χ1n) is 8.23. The zero-order valence-electron chi connectivity index (χ0n) is 15.3. The molecule has 0 aromatic heterocycles. The molecule has 0 fully saturated rings. The highest BCUT2D eigenvalue weighted by molar-refractivity contribution is 5.54. The highest BCUT2D eigenvalue weighted by Crippen LogP contribution is 2.57. The molecule has 10 heteroatoms. The number of aliphatic hydroxyl groups is 2. The number of aromatic hydroxyl groups is 2. The van der Waals surface area contributed by atoms with Gasteiger partial charge in [0.15, 0.2) is 0 Å². The van der Waals surface area contributed by atoms with Crippen molar-refractivity contribution in [1.82, 2.24) is 0 Å². The van der Waals surface area contributed by atoms with E-state index >= 15 is 0 Å². The predicted octanol–water partition coefficient (Wildman–Crippen LogP) is 4.11. The molecule has 2 aromatic carbocycles. The van der Waals surface area contributed by atoms with Gasteiger partial charge in [0.05, 0.1) is 13.2 Å². The molecular weight excluding hydrogens is 406 g/mol. The van der Waals surface area contributed by atoms with Gasteiger partial charge in [-0.3, -0.25) is 0 Å². The Balaban J connectivity index is 3.08. The second-order valence-corrected chi connectivity index (χ2v) is 6.66. The van der Waals surface area contributed by atoms with Gasteiger partial charge in [-0.15, -0.1) is 0 Å². The highest BCUT2D eigenvalue weighted by Gasteiger charge is 2.72. The Labute approximate surface area is 161 Å². The smallest absolute Gasteiger partial charge is 0.411 e. The van der Waals surface area contributed by atoms with Crippen LogP contribution in [0.1, 0.15) is 33.4 Å². The van der Waals surface area contributed by atoms with Crippen LogP contribution in [0.15, 0.2) is 24.3 Å². The highest BCUT2D eigenvalue weighted by atomic mass is 19.4. The molecule has 0 spiro atoms. The zero-order chi connectivity index (χ0) is 22.4. The predicted molar refractivity (Wildman–Crippen MR) is 90.4 cm³/mol. The summed E-state index contributed by atoms with van der Waals surface area (Å²) >= 11 is 0. The summed E-state index contributed by atoms with van der Waals surface area (Å²) in [7, 11) is 0. The summed E-state index contributed by atoms with van der Waals surface area (Å²) in [4.78, 5) is 0. The molecule has 0 amide bonds. The van der Waals surface area contributed by atoms with E-state index in [2.05, 4.69) is 0 Å². The summed E-state index contributed by atoms with van der Waals surface area (Å²) in [6, 6.07) is 2.00. The first-order valence-corrected chi connectivity index (χ1v) is 8.23. The number of rotatable bonds is 4. The minimum absolute atomic E-state index is 0.290. The molecule has 4 N–H and O–H groups in total. The molecule has 0 saturated carbocycles. The van der Waals surface area contributed by atoms with Gasteiger partial charge in [-0.2, -0.15) is 26.3 Å². The lowest BCUT2D eigenvalue weighted by Gasteiger charge is -2.39. The summed E-state index contributed by atoms with van der Waals surface area (Å²) in [6.07, 6.45) is -11.8. The summed E-state index contributed by atoms with van der Waals surface area (Å²) in [5.41, 5.74) is -8.64. The molecule has 0 bridgehead atoms. The Morgan fingerprint density at radius 2 is 0.966 bits per heavy atom. The van der Waals surface area contributed by atoms with Crippen molar-refractivity contribution in [2.75, 3.05) is 0 Å². The van der Waals surface area contributed by atoms with E-state index in [0.29, 0.717) is 24.3 Å². The fourth-order valence-electron chi connectivity index (χ4n) is 3.36. The maximum absolute atomic E-state index is 14.2. The molecule has 0 atom stereocenters. The van der Waals surface area contributed by atoms with E-state index in [1.807, 2.05) is 0 Å². The lowest BCUT2D eigenvalue weighted by Crippen LogP contribution is -2.55. The lowest BCUT2D eigenvalue weighted by molar-refractivity contribution is -0.288. The van der Waals surface area contributed by atoms with Gasteiger partial charge in [-0.05, 0) is 48.2 Å². The van der Waals surface area contributed by atoms with Gasteiger partial charge in [0.25, 0.3) is 0 Å². The van der Waals surface area contributed by atoms with E-state index in [4.69, 9.17) is 0 Å². The van der Waals surface area contributed by atoms with Crippen LogP contribution >= 0.6 is 0 Å². The minimum atomic E-state index is -5.89. The van der Waals surface area contributed by atoms with Crippen LogP contribution in [0.5, 0.6) is 11.5 Å². The largest absolute Gasteiger partial charge is 0.507 e. The summed E-state index contributed by atoms with van der Waals surface area (Å²) in [5.74, 6) is -1.24. The number of halogens is 6. The normalized spacial score (nSPS) is 13.0. The Hall–Kier alpha value is -2.46. The van der Waals surface area contributed by atoms with Gasteiger partial charge in [0.2, 0.25) is 5.41 Å². The van der Waals surface area contributed by atoms with Crippen LogP contribution in [0.25, 0.3) is 0 Å². The number of hydrogen-bond acceptors (Lipinski definition) is 4. The third-order valence-electron chi connectivity index (χ3n) is 4.82. The van der Waals surface area contributed by atoms with Crippen molar-refractivity contribution < 1.29 is 46.8 Å². The average Bonchev–Trinajstić information content (AvgIpc) is 2.58. The second kappa shape index (κ2) is 7.42. The van der Waals surface area contributed by atoms with Crippen molar-refractivity contribution >= 4 is 0 Å². The monoisotopic (exact) mass is 424 g/mol. The van der Waals surface area contributed by atoms with E-state index in [-0.39, 0.29) is 11.1 Å². The van der Waals surface area contributed by atoms with Crippen molar-refractivity contribution in [1.29, 1.82) is 0 Å². The van der Waals surface area contributed by atoms with E-state index in [9.17, 15) is 46.8 Å². The summed E-state index contributed by atoms with van der Waals surface area (Å²) in [6.45, 7) is 0.249. The molecular formula is C19H18F6O4. The van der Waals surface area contributed by atoms with Crippen LogP contribution < -0.4 is 0 Å². The van der Waals surface area contributed by atoms with Crippen LogP contribution in [0, 0.1) is 13.8 Å². The molecule has 0 aliphatic carbocycles. The van der Waals surface area contributed by atoms with Gasteiger partial charge in [0.1, 0.15) is 11.5 Å². The number of aliphatic hydroxyl groups excluding tert-OH is 2. The molecule has 0 saturated heterocycles. The van der Waals surface area contributed by atoms with Crippen molar-refractivity contribution in [3.05, 3.63) is 57.6 Å². The maximum atomic E-state index is 14.2. The fourth-order valence-corrected chi connectivity index (χ4v) is 3.36. The van der Waals surface area contributed by atoms with Crippen molar-refractivity contribution in [2.24, 2.45) is 0 Å². The Kier molecular flexibility index (Phi) is 5.84. The van der Waals surface area contributed by atoms with Crippen LogP contribution in [0.3, 0.4) is 0 Å². The maximum Gasteiger partial charge on any atom is 0.411 e. The molecule has 160 valence electrons. The number of aryl methyl sites for hydroxylation is 2. The van der Waals surface area contributed by atoms with Crippen LogP contribution in [0.4, 0.5) is 26.3 Å². The Bertz CT molecular complexity index is 843. The first kappa shape index (κ1) is 22.8. The second-order valence-electron chi connectivity index (χ2n) is 6.66. The van der Waals surface area contributed by atoms with Crippen molar-refractivity contribution in [3.63, 3.8) is 0 Å². The SMILES string of the molecule is Cc1cc(C(c2cc(C)c(O)c(CO)c2)(C(F)(F)F)C(F)(F)F)cc(CO)c1O. The molecule has 2 rings (SSSR count). The Morgan fingerprint density at radius 1 is 0.655 bits per heavy atom. The average molecular weight is 424 g/mol. The quantitative estimate of drug-likeness (QED) is 0.557. The number of alkyl halides is 6. The molecule has 0 aliphatic heterocycles. The van der Waals surface area contributed by atoms with Crippen LogP contribution in [-0.2, 0) is 18.6 Å². The van der Waals surface area contributed by atoms with E-state index in [0.717, 1.165) is 13.8 Å². The van der Waals surface area contributed by atoms with E-state index in [1.54, 1.807) is 0 Å². The molecule has 0 aliphatic rings. The molecule has 2 aromatic rings. The summed E-state index contributed by atoms with van der Waals surface area (Å²) < 4.78 is 85.3. The number of phenols is 2. The van der Waals surface area contributed by atoms with E-state index in [1.165, 1.54) is 0 Å². The molecule has 4 nitrogen and oxygen atoms in total. The number of hydrogen-bond donors (Lipinski definition) is 4. The first-order chi connectivity index (χ1) is 13.2. The Morgan fingerprint density at radius 3 is 1.21 bits per heavy atom. The molecule has 0 unspecified atom stereocenters. The van der Waals surface area contributed by atoms with Gasteiger partial charge < -0.3 is 20.4 Å². The van der Waals surface area contributed by atoms with Crippen molar-refractivity contribution in [3.8, 4) is 11.5 Å². The fraction of sp³-hybridized carbons (Fsp3) is 0.368. The van der Waals surface area contributed by atoms with Gasteiger partial charge in [-0.25, -0.2) is 0 Å². The van der Waals surface area contributed by atoms with Crippen LogP contribution in [-0.4, -0.2) is 32.8 Å². The topological polar surface area (TPSA) is 80.9 Å². The zero-order valence-corrected chi connectivity index (χ0v) is 15.3. The lowest BCUT2D eigenvalue weighted by atomic mass is 9.71. The van der Waals surface area contributed by atoms with Gasteiger partial charge >= 0.3 is 12.4 Å². The minimum Gasteiger partial charge on any atom is -0.507 e. The molecule has 0 radical (unpaired) electrons. The van der Waals surface area contributed by atoms with E-state index < -0.39 is 64.7 Å². The molecule has 0 heterocycles. The third kappa shape index (κ3) is 3.51.